The quantitative estimate of drug-likeness (QED) is 0.299. The Morgan fingerprint density at radius 2 is 1.95 bits per heavy atom. The molecule has 0 radical (unpaired) electrons. The number of benzene rings is 2. The molecule has 0 saturated carbocycles. The summed E-state index contributed by atoms with van der Waals surface area (Å²) in [5.41, 5.74) is 6.41. The van der Waals surface area contributed by atoms with E-state index in [-0.39, 0.29) is 11.7 Å². The van der Waals surface area contributed by atoms with Crippen LogP contribution in [0.5, 0.6) is 0 Å². The zero-order valence-corrected chi connectivity index (χ0v) is 11.2. The highest BCUT2D eigenvalue weighted by molar-refractivity contribution is 7.98. The van der Waals surface area contributed by atoms with Crippen LogP contribution in [0, 0.1) is 11.6 Å². The fraction of sp³-hybridized carbons (Fsp3) is 0.0714. The summed E-state index contributed by atoms with van der Waals surface area (Å²) in [6.07, 6.45) is 0. The Morgan fingerprint density at radius 3 is 2.65 bits per heavy atom. The molecule has 0 heterocycles. The number of rotatable bonds is 4. The molecule has 0 aliphatic carbocycles. The maximum atomic E-state index is 13.5. The molecule has 3 nitrogen and oxygen atoms in total. The molecule has 0 unspecified atom stereocenters. The molecule has 0 amide bonds. The summed E-state index contributed by atoms with van der Waals surface area (Å²) in [7, 11) is 0. The molecule has 20 heavy (non-hydrogen) atoms. The van der Waals surface area contributed by atoms with Crippen LogP contribution in [0.2, 0.25) is 0 Å². The van der Waals surface area contributed by atoms with Crippen molar-refractivity contribution >= 4 is 17.6 Å². The Kier molecular flexibility index (Phi) is 4.57. The summed E-state index contributed by atoms with van der Waals surface area (Å²) < 4.78 is 26.5. The molecule has 0 bridgehead atoms. The van der Waals surface area contributed by atoms with Crippen LogP contribution in [0.3, 0.4) is 0 Å². The van der Waals surface area contributed by atoms with E-state index >= 15 is 0 Å². The fourth-order valence-electron chi connectivity index (χ4n) is 1.66. The van der Waals surface area contributed by atoms with Crippen molar-refractivity contribution in [1.82, 2.24) is 0 Å². The molecule has 0 aromatic heterocycles. The number of halogens is 2. The second-order valence-corrected chi connectivity index (χ2v) is 5.13. The number of hydrogen-bond acceptors (Lipinski definition) is 3. The molecule has 0 fully saturated rings. The third-order valence-corrected chi connectivity index (χ3v) is 3.63. The predicted octanol–water partition coefficient (Wildman–Crippen LogP) is 3.35. The van der Waals surface area contributed by atoms with E-state index in [9.17, 15) is 8.78 Å². The molecular weight excluding hydrogens is 282 g/mol. The zero-order chi connectivity index (χ0) is 14.5. The molecule has 3 N–H and O–H groups in total. The van der Waals surface area contributed by atoms with E-state index in [2.05, 4.69) is 5.16 Å². The van der Waals surface area contributed by atoms with Crippen LogP contribution in [0.1, 0.15) is 11.1 Å². The van der Waals surface area contributed by atoms with Gasteiger partial charge in [-0.15, -0.1) is 11.8 Å². The lowest BCUT2D eigenvalue weighted by Crippen LogP contribution is -2.13. The van der Waals surface area contributed by atoms with Crippen molar-refractivity contribution in [2.24, 2.45) is 10.9 Å². The van der Waals surface area contributed by atoms with Crippen LogP contribution in [0.25, 0.3) is 0 Å². The molecule has 2 rings (SSSR count). The number of thioether (sulfide) groups is 1. The van der Waals surface area contributed by atoms with Crippen molar-refractivity contribution in [1.29, 1.82) is 0 Å². The predicted molar refractivity (Wildman–Crippen MR) is 74.9 cm³/mol. The highest BCUT2D eigenvalue weighted by atomic mass is 32.2. The van der Waals surface area contributed by atoms with Gasteiger partial charge in [-0.1, -0.05) is 11.2 Å². The van der Waals surface area contributed by atoms with E-state index < -0.39 is 5.82 Å². The fourth-order valence-corrected chi connectivity index (χ4v) is 2.53. The van der Waals surface area contributed by atoms with Gasteiger partial charge in [0.05, 0.1) is 0 Å². The van der Waals surface area contributed by atoms with Crippen molar-refractivity contribution in [2.75, 3.05) is 0 Å². The second kappa shape index (κ2) is 6.38. The Hall–Kier alpha value is -2.08. The van der Waals surface area contributed by atoms with Crippen molar-refractivity contribution in [2.45, 2.75) is 10.6 Å². The highest BCUT2D eigenvalue weighted by Gasteiger charge is 2.06. The zero-order valence-electron chi connectivity index (χ0n) is 10.4. The van der Waals surface area contributed by atoms with Gasteiger partial charge < -0.3 is 10.9 Å². The number of nitrogens with zero attached hydrogens (tertiary/aromatic N) is 1. The minimum atomic E-state index is -0.469. The number of hydrogen-bond donors (Lipinski definition) is 2. The van der Waals surface area contributed by atoms with Crippen molar-refractivity contribution in [3.05, 3.63) is 65.2 Å². The first kappa shape index (κ1) is 14.3. The largest absolute Gasteiger partial charge is 0.409 e. The van der Waals surface area contributed by atoms with Crippen LogP contribution in [-0.2, 0) is 5.75 Å². The van der Waals surface area contributed by atoms with E-state index in [0.717, 1.165) is 4.90 Å². The molecular formula is C14H12F2N2OS. The average molecular weight is 294 g/mol. The molecule has 2 aromatic carbocycles. The van der Waals surface area contributed by atoms with E-state index in [0.29, 0.717) is 16.9 Å². The highest BCUT2D eigenvalue weighted by Crippen LogP contribution is 2.24. The van der Waals surface area contributed by atoms with E-state index in [1.807, 2.05) is 0 Å². The van der Waals surface area contributed by atoms with Crippen molar-refractivity contribution in [3.8, 4) is 0 Å². The first-order valence-corrected chi connectivity index (χ1v) is 6.73. The van der Waals surface area contributed by atoms with Gasteiger partial charge in [-0.05, 0) is 42.0 Å². The van der Waals surface area contributed by atoms with Gasteiger partial charge in [0, 0.05) is 16.2 Å². The van der Waals surface area contributed by atoms with Crippen LogP contribution in [-0.4, -0.2) is 11.0 Å². The van der Waals surface area contributed by atoms with Crippen LogP contribution in [0.15, 0.2) is 52.5 Å². The van der Waals surface area contributed by atoms with Crippen molar-refractivity contribution < 1.29 is 14.0 Å². The normalized spacial score (nSPS) is 11.6. The van der Waals surface area contributed by atoms with Gasteiger partial charge in [-0.25, -0.2) is 8.78 Å². The van der Waals surface area contributed by atoms with Gasteiger partial charge in [-0.3, -0.25) is 0 Å². The molecule has 0 spiro atoms. The molecule has 0 aliphatic heterocycles. The summed E-state index contributed by atoms with van der Waals surface area (Å²) >= 11 is 1.37. The standard InChI is InChI=1S/C14H12F2N2OS/c15-11-2-1-3-13(7-11)20-8-9-4-10(14(17)18-19)6-12(16)5-9/h1-7,19H,8H2,(H2,17,18). The van der Waals surface area contributed by atoms with E-state index in [1.165, 1.54) is 36.0 Å². The Morgan fingerprint density at radius 1 is 1.15 bits per heavy atom. The lowest BCUT2D eigenvalue weighted by Gasteiger charge is -2.05. The maximum Gasteiger partial charge on any atom is 0.170 e. The van der Waals surface area contributed by atoms with Gasteiger partial charge in [-0.2, -0.15) is 0 Å². The molecule has 0 atom stereocenters. The number of oxime groups is 1. The second-order valence-electron chi connectivity index (χ2n) is 4.08. The summed E-state index contributed by atoms with van der Waals surface area (Å²) in [4.78, 5) is 0.750. The van der Waals surface area contributed by atoms with Gasteiger partial charge in [0.2, 0.25) is 0 Å². The first-order chi connectivity index (χ1) is 9.58. The number of nitrogens with two attached hydrogens (primary N) is 1. The van der Waals surface area contributed by atoms with Crippen LogP contribution in [0.4, 0.5) is 8.78 Å². The topological polar surface area (TPSA) is 58.6 Å². The molecule has 0 saturated heterocycles. The average Bonchev–Trinajstić information content (AvgIpc) is 2.44. The summed E-state index contributed by atoms with van der Waals surface area (Å²) in [5.74, 6) is -0.482. The number of amidine groups is 1. The minimum absolute atomic E-state index is 0.151. The van der Waals surface area contributed by atoms with Gasteiger partial charge in [0.15, 0.2) is 5.84 Å². The Bertz CT molecular complexity index is 647. The summed E-state index contributed by atoms with van der Waals surface area (Å²) in [6.45, 7) is 0. The van der Waals surface area contributed by atoms with Crippen LogP contribution >= 0.6 is 11.8 Å². The first-order valence-electron chi connectivity index (χ1n) is 5.74. The van der Waals surface area contributed by atoms with E-state index in [4.69, 9.17) is 10.9 Å². The third-order valence-electron chi connectivity index (χ3n) is 2.56. The molecule has 104 valence electrons. The third kappa shape index (κ3) is 3.71. The molecule has 6 heteroatoms. The van der Waals surface area contributed by atoms with Gasteiger partial charge in [0.1, 0.15) is 11.6 Å². The van der Waals surface area contributed by atoms with Gasteiger partial charge >= 0.3 is 0 Å². The SMILES string of the molecule is N/C(=N/O)c1cc(F)cc(CSc2cccc(F)c2)c1. The lowest BCUT2D eigenvalue weighted by molar-refractivity contribution is 0.318. The van der Waals surface area contributed by atoms with Crippen molar-refractivity contribution in [3.63, 3.8) is 0 Å². The van der Waals surface area contributed by atoms with Gasteiger partial charge in [0.25, 0.3) is 0 Å². The molecule has 2 aromatic rings. The minimum Gasteiger partial charge on any atom is -0.409 e. The van der Waals surface area contributed by atoms with E-state index in [1.54, 1.807) is 18.2 Å². The maximum absolute atomic E-state index is 13.5. The Balaban J connectivity index is 2.15. The Labute approximate surface area is 119 Å². The molecule has 0 aliphatic rings. The summed E-state index contributed by atoms with van der Waals surface area (Å²) in [5, 5.41) is 11.4. The lowest BCUT2D eigenvalue weighted by atomic mass is 10.1. The van der Waals surface area contributed by atoms with Crippen LogP contribution < -0.4 is 5.73 Å². The smallest absolute Gasteiger partial charge is 0.170 e. The summed E-state index contributed by atoms with van der Waals surface area (Å²) in [6, 6.07) is 10.3. The monoisotopic (exact) mass is 294 g/mol.